The van der Waals surface area contributed by atoms with Crippen molar-refractivity contribution in [2.45, 2.75) is 58.0 Å². The largest absolute Gasteiger partial charge is 0.389 e. The second-order valence-electron chi connectivity index (χ2n) is 7.53. The molecule has 3 fully saturated rings. The van der Waals surface area contributed by atoms with E-state index in [1.807, 2.05) is 0 Å². The highest BCUT2D eigenvalue weighted by Crippen LogP contribution is 2.53. The maximum Gasteiger partial charge on any atom is 0.0774 e. The summed E-state index contributed by atoms with van der Waals surface area (Å²) in [6, 6.07) is 0. The van der Waals surface area contributed by atoms with E-state index in [0.717, 1.165) is 24.8 Å². The molecule has 1 N–H and O–H groups in total. The predicted octanol–water partition coefficient (Wildman–Crippen LogP) is 2.41. The molecule has 0 atom stereocenters. The number of hydrogen-bond donors (Lipinski definition) is 1. The number of rotatable bonds is 2. The monoisotopic (exact) mass is 223 g/mol. The first-order valence-electron chi connectivity index (χ1n) is 6.85. The van der Waals surface area contributed by atoms with Crippen LogP contribution >= 0.6 is 0 Å². The standard InChI is InChI=1S/C14H25NO/c1-12(2)3-7-14(16,8-4-12)11-15-9-13(10-15)5-6-13/h16H,3-11H2,1-2H3. The lowest BCUT2D eigenvalue weighted by Gasteiger charge is -2.47. The van der Waals surface area contributed by atoms with Gasteiger partial charge in [0.1, 0.15) is 0 Å². The molecule has 0 amide bonds. The molecule has 16 heavy (non-hydrogen) atoms. The quantitative estimate of drug-likeness (QED) is 0.777. The highest BCUT2D eigenvalue weighted by atomic mass is 16.3. The molecule has 1 saturated heterocycles. The highest BCUT2D eigenvalue weighted by molar-refractivity contribution is 5.07. The predicted molar refractivity (Wildman–Crippen MR) is 65.3 cm³/mol. The Bertz CT molecular complexity index is 275. The van der Waals surface area contributed by atoms with Gasteiger partial charge in [-0.25, -0.2) is 0 Å². The molecule has 3 aliphatic rings. The minimum Gasteiger partial charge on any atom is -0.389 e. The van der Waals surface area contributed by atoms with Crippen molar-refractivity contribution < 1.29 is 5.11 Å². The fourth-order valence-electron chi connectivity index (χ4n) is 3.47. The summed E-state index contributed by atoms with van der Waals surface area (Å²) in [6.07, 6.45) is 7.25. The molecule has 0 aromatic heterocycles. The summed E-state index contributed by atoms with van der Waals surface area (Å²) < 4.78 is 0. The van der Waals surface area contributed by atoms with E-state index in [2.05, 4.69) is 18.7 Å². The van der Waals surface area contributed by atoms with Crippen LogP contribution in [-0.4, -0.2) is 35.2 Å². The van der Waals surface area contributed by atoms with Gasteiger partial charge in [-0.1, -0.05) is 13.8 Å². The molecule has 2 nitrogen and oxygen atoms in total. The first-order valence-corrected chi connectivity index (χ1v) is 6.85. The number of hydrogen-bond acceptors (Lipinski definition) is 2. The molecule has 92 valence electrons. The van der Waals surface area contributed by atoms with Gasteiger partial charge in [0.25, 0.3) is 0 Å². The first-order chi connectivity index (χ1) is 7.41. The van der Waals surface area contributed by atoms with Gasteiger partial charge >= 0.3 is 0 Å². The smallest absolute Gasteiger partial charge is 0.0774 e. The molecule has 1 spiro atoms. The normalized spacial score (nSPS) is 34.7. The van der Waals surface area contributed by atoms with Gasteiger partial charge in [-0.3, -0.25) is 4.90 Å². The second-order valence-corrected chi connectivity index (χ2v) is 7.53. The van der Waals surface area contributed by atoms with Gasteiger partial charge in [0.2, 0.25) is 0 Å². The van der Waals surface area contributed by atoms with Gasteiger partial charge in [-0.2, -0.15) is 0 Å². The zero-order valence-corrected chi connectivity index (χ0v) is 10.8. The van der Waals surface area contributed by atoms with Gasteiger partial charge in [-0.05, 0) is 49.4 Å². The van der Waals surface area contributed by atoms with Crippen LogP contribution in [0.2, 0.25) is 0 Å². The summed E-state index contributed by atoms with van der Waals surface area (Å²) in [4.78, 5) is 2.48. The number of β-amino-alcohol motifs (C(OH)–C–C–N with tert-alkyl or cyclic N) is 1. The van der Waals surface area contributed by atoms with Gasteiger partial charge in [0, 0.05) is 19.6 Å². The van der Waals surface area contributed by atoms with Crippen LogP contribution in [0, 0.1) is 10.8 Å². The molecule has 0 radical (unpaired) electrons. The van der Waals surface area contributed by atoms with Gasteiger partial charge < -0.3 is 5.11 Å². The van der Waals surface area contributed by atoms with Crippen molar-refractivity contribution in [3.63, 3.8) is 0 Å². The Labute approximate surface area is 99.0 Å². The van der Waals surface area contributed by atoms with Crippen molar-refractivity contribution in [2.24, 2.45) is 10.8 Å². The lowest BCUT2D eigenvalue weighted by Crippen LogP contribution is -2.56. The lowest BCUT2D eigenvalue weighted by atomic mass is 9.70. The molecule has 0 aromatic rings. The molecule has 0 aromatic carbocycles. The third kappa shape index (κ3) is 2.02. The number of likely N-dealkylation sites (tertiary alicyclic amines) is 1. The fraction of sp³-hybridized carbons (Fsp3) is 1.00. The molecular formula is C14H25NO. The minimum atomic E-state index is -0.369. The van der Waals surface area contributed by atoms with Crippen LogP contribution in [0.5, 0.6) is 0 Å². The Balaban J connectivity index is 1.50. The SMILES string of the molecule is CC1(C)CCC(O)(CN2CC3(CC3)C2)CC1. The van der Waals surface area contributed by atoms with Crippen LogP contribution in [0.3, 0.4) is 0 Å². The average Bonchev–Trinajstić information content (AvgIpc) is 2.91. The third-order valence-corrected chi connectivity index (χ3v) is 5.13. The summed E-state index contributed by atoms with van der Waals surface area (Å²) in [6.45, 7) is 8.12. The Morgan fingerprint density at radius 3 is 2.00 bits per heavy atom. The Morgan fingerprint density at radius 1 is 0.938 bits per heavy atom. The van der Waals surface area contributed by atoms with Crippen LogP contribution in [0.15, 0.2) is 0 Å². The molecule has 1 heterocycles. The van der Waals surface area contributed by atoms with E-state index in [-0.39, 0.29) is 5.60 Å². The van der Waals surface area contributed by atoms with E-state index < -0.39 is 0 Å². The van der Waals surface area contributed by atoms with Crippen LogP contribution in [0.1, 0.15) is 52.4 Å². The van der Waals surface area contributed by atoms with E-state index in [1.54, 1.807) is 0 Å². The maximum absolute atomic E-state index is 10.6. The molecule has 0 unspecified atom stereocenters. The molecule has 1 aliphatic heterocycles. The van der Waals surface area contributed by atoms with E-state index in [4.69, 9.17) is 0 Å². The Hall–Kier alpha value is -0.0800. The van der Waals surface area contributed by atoms with Gasteiger partial charge in [-0.15, -0.1) is 0 Å². The third-order valence-electron chi connectivity index (χ3n) is 5.13. The minimum absolute atomic E-state index is 0.369. The maximum atomic E-state index is 10.6. The van der Waals surface area contributed by atoms with Crippen LogP contribution in [0.4, 0.5) is 0 Å². The Kier molecular flexibility index (Phi) is 2.23. The summed E-state index contributed by atoms with van der Waals surface area (Å²) in [7, 11) is 0. The zero-order valence-electron chi connectivity index (χ0n) is 10.8. The van der Waals surface area contributed by atoms with Crippen LogP contribution in [0.25, 0.3) is 0 Å². The Morgan fingerprint density at radius 2 is 1.50 bits per heavy atom. The summed E-state index contributed by atoms with van der Waals surface area (Å²) >= 11 is 0. The summed E-state index contributed by atoms with van der Waals surface area (Å²) in [5.41, 5.74) is 0.815. The number of nitrogens with zero attached hydrogens (tertiary/aromatic N) is 1. The first kappa shape index (κ1) is 11.0. The van der Waals surface area contributed by atoms with Crippen molar-refractivity contribution in [1.29, 1.82) is 0 Å². The topological polar surface area (TPSA) is 23.5 Å². The van der Waals surface area contributed by atoms with Crippen LogP contribution < -0.4 is 0 Å². The van der Waals surface area contributed by atoms with E-state index in [9.17, 15) is 5.11 Å². The molecule has 0 bridgehead atoms. The number of aliphatic hydroxyl groups is 1. The second kappa shape index (κ2) is 3.23. The molecule has 2 heteroatoms. The fourth-order valence-corrected chi connectivity index (χ4v) is 3.47. The van der Waals surface area contributed by atoms with Crippen LogP contribution in [-0.2, 0) is 0 Å². The summed E-state index contributed by atoms with van der Waals surface area (Å²) in [5.74, 6) is 0. The highest BCUT2D eigenvalue weighted by Gasteiger charge is 2.53. The lowest BCUT2D eigenvalue weighted by molar-refractivity contribution is -0.0745. The van der Waals surface area contributed by atoms with Gasteiger partial charge in [0.15, 0.2) is 0 Å². The van der Waals surface area contributed by atoms with Crippen molar-refractivity contribution in [1.82, 2.24) is 4.90 Å². The van der Waals surface area contributed by atoms with Crippen molar-refractivity contribution in [2.75, 3.05) is 19.6 Å². The van der Waals surface area contributed by atoms with Crippen molar-refractivity contribution in [3.8, 4) is 0 Å². The molecule has 2 saturated carbocycles. The molecule has 3 rings (SSSR count). The van der Waals surface area contributed by atoms with Crippen molar-refractivity contribution >= 4 is 0 Å². The van der Waals surface area contributed by atoms with E-state index in [0.29, 0.717) is 5.41 Å². The summed E-state index contributed by atoms with van der Waals surface area (Å²) in [5, 5.41) is 10.6. The average molecular weight is 223 g/mol. The van der Waals surface area contributed by atoms with Crippen molar-refractivity contribution in [3.05, 3.63) is 0 Å². The molecular weight excluding hydrogens is 198 g/mol. The van der Waals surface area contributed by atoms with E-state index in [1.165, 1.54) is 38.8 Å². The molecule has 2 aliphatic carbocycles. The van der Waals surface area contributed by atoms with E-state index >= 15 is 0 Å². The zero-order chi connectivity index (χ0) is 11.4. The van der Waals surface area contributed by atoms with Gasteiger partial charge in [0.05, 0.1) is 5.60 Å².